The first kappa shape index (κ1) is 19.7. The van der Waals surface area contributed by atoms with Gasteiger partial charge in [-0.2, -0.15) is 8.78 Å². The molecule has 1 atom stereocenters. The van der Waals surface area contributed by atoms with Crippen LogP contribution in [0.2, 0.25) is 0 Å². The first-order valence-corrected chi connectivity index (χ1v) is 10.0. The van der Waals surface area contributed by atoms with Gasteiger partial charge in [-0.25, -0.2) is 9.98 Å². The third kappa shape index (κ3) is 3.19. The van der Waals surface area contributed by atoms with E-state index in [0.717, 1.165) is 35.9 Å². The number of amidine groups is 1. The molecule has 0 radical (unpaired) electrons. The number of hydrogen-bond acceptors (Lipinski definition) is 7. The van der Waals surface area contributed by atoms with Gasteiger partial charge in [-0.3, -0.25) is 4.79 Å². The summed E-state index contributed by atoms with van der Waals surface area (Å²) in [5, 5.41) is 0. The van der Waals surface area contributed by atoms with Gasteiger partial charge >= 0.3 is 6.61 Å². The maximum Gasteiger partial charge on any atom is 0.387 e. The van der Waals surface area contributed by atoms with Gasteiger partial charge in [0.15, 0.2) is 5.78 Å². The van der Waals surface area contributed by atoms with Gasteiger partial charge in [0.1, 0.15) is 29.3 Å². The average Bonchev–Trinajstić information content (AvgIpc) is 3.40. The smallest absolute Gasteiger partial charge is 0.387 e. The molecule has 31 heavy (non-hydrogen) atoms. The number of aromatic nitrogens is 1. The Hall–Kier alpha value is -3.23. The molecular weight excluding hydrogens is 408 g/mol. The number of benzene rings is 1. The van der Waals surface area contributed by atoms with Crippen molar-refractivity contribution >= 4 is 11.8 Å². The minimum Gasteiger partial charge on any atom is -0.493 e. The molecule has 0 amide bonds. The molecule has 7 nitrogen and oxygen atoms in total. The van der Waals surface area contributed by atoms with E-state index in [1.807, 2.05) is 18.2 Å². The first-order valence-electron chi connectivity index (χ1n) is 10.0. The van der Waals surface area contributed by atoms with Gasteiger partial charge in [0.2, 0.25) is 0 Å². The standard InChI is InChI=1S/C22H21F2N3O4/c1-12-6-14(31-19(23)24)9-26-18(12)16(28)8-13-2-3-17-15(7-13)22(11-30-20(25)27-22)21(4-5-21)10-29-17/h2-3,6-7,9,19H,4-5,8,10-11H2,1H3,(H2,25,27). The van der Waals surface area contributed by atoms with Crippen molar-refractivity contribution in [2.75, 3.05) is 13.2 Å². The van der Waals surface area contributed by atoms with Crippen LogP contribution < -0.4 is 15.2 Å². The van der Waals surface area contributed by atoms with Crippen molar-refractivity contribution in [1.82, 2.24) is 4.98 Å². The largest absolute Gasteiger partial charge is 0.493 e. The van der Waals surface area contributed by atoms with E-state index in [0.29, 0.717) is 18.8 Å². The van der Waals surface area contributed by atoms with Crippen molar-refractivity contribution in [3.8, 4) is 11.5 Å². The van der Waals surface area contributed by atoms with E-state index >= 15 is 0 Å². The van der Waals surface area contributed by atoms with Crippen LogP contribution in [0.1, 0.15) is 40.0 Å². The summed E-state index contributed by atoms with van der Waals surface area (Å²) < 4.78 is 40.7. The fourth-order valence-corrected chi connectivity index (χ4v) is 4.58. The zero-order valence-corrected chi connectivity index (χ0v) is 16.9. The third-order valence-electron chi connectivity index (χ3n) is 6.36. The van der Waals surface area contributed by atoms with Crippen LogP contribution in [-0.2, 0) is 16.7 Å². The summed E-state index contributed by atoms with van der Waals surface area (Å²) in [6.07, 6.45) is 3.18. The molecule has 1 aromatic heterocycles. The summed E-state index contributed by atoms with van der Waals surface area (Å²) in [7, 11) is 0. The van der Waals surface area contributed by atoms with Crippen LogP contribution >= 0.6 is 0 Å². The summed E-state index contributed by atoms with van der Waals surface area (Å²) in [6.45, 7) is -0.384. The summed E-state index contributed by atoms with van der Waals surface area (Å²) in [6, 6.07) is 7.17. The molecule has 0 bridgehead atoms. The molecule has 1 saturated carbocycles. The Kier molecular flexibility index (Phi) is 4.39. The number of aryl methyl sites for hydroxylation is 1. The van der Waals surface area contributed by atoms with Gasteiger partial charge in [0.25, 0.3) is 6.02 Å². The van der Waals surface area contributed by atoms with Crippen molar-refractivity contribution < 1.29 is 27.8 Å². The number of fused-ring (bicyclic) bond motifs is 3. The summed E-state index contributed by atoms with van der Waals surface area (Å²) in [5.41, 5.74) is 7.50. The molecule has 5 rings (SSSR count). The van der Waals surface area contributed by atoms with Crippen molar-refractivity contribution in [3.05, 3.63) is 52.8 Å². The van der Waals surface area contributed by atoms with Crippen LogP contribution in [0.25, 0.3) is 0 Å². The predicted octanol–water partition coefficient (Wildman–Crippen LogP) is 3.13. The number of nitrogens with two attached hydrogens (primary N) is 1. The van der Waals surface area contributed by atoms with Gasteiger partial charge in [-0.05, 0) is 49.1 Å². The fraction of sp³-hybridized carbons (Fsp3) is 0.409. The highest BCUT2D eigenvalue weighted by molar-refractivity contribution is 5.97. The Morgan fingerprint density at radius 1 is 1.26 bits per heavy atom. The molecule has 2 spiro atoms. The van der Waals surface area contributed by atoms with Crippen LogP contribution in [0, 0.1) is 12.3 Å². The van der Waals surface area contributed by atoms with Crippen molar-refractivity contribution in [3.63, 3.8) is 0 Å². The highest BCUT2D eigenvalue weighted by Crippen LogP contribution is 2.65. The van der Waals surface area contributed by atoms with Crippen LogP contribution in [0.4, 0.5) is 8.78 Å². The number of carbonyl (C=O) groups is 1. The van der Waals surface area contributed by atoms with E-state index in [1.165, 1.54) is 6.07 Å². The summed E-state index contributed by atoms with van der Waals surface area (Å²) in [5.74, 6) is 0.417. The molecule has 1 aromatic carbocycles. The number of alkyl halides is 2. The van der Waals surface area contributed by atoms with Gasteiger partial charge in [-0.15, -0.1) is 0 Å². The second-order valence-electron chi connectivity index (χ2n) is 8.31. The van der Waals surface area contributed by atoms with Gasteiger partial charge < -0.3 is 19.9 Å². The van der Waals surface area contributed by atoms with E-state index in [-0.39, 0.29) is 35.1 Å². The summed E-state index contributed by atoms with van der Waals surface area (Å²) in [4.78, 5) is 21.6. The molecule has 2 aliphatic heterocycles. The zero-order chi connectivity index (χ0) is 21.8. The van der Waals surface area contributed by atoms with Crippen molar-refractivity contribution in [1.29, 1.82) is 0 Å². The molecule has 1 aliphatic carbocycles. The SMILES string of the molecule is Cc1cc(OC(F)F)cnc1C(=O)Cc1ccc2c(c1)C1(COC(N)=N1)C1(CC1)CO2. The maximum atomic E-state index is 12.9. The minimum absolute atomic E-state index is 0.0802. The average molecular weight is 429 g/mol. The lowest BCUT2D eigenvalue weighted by molar-refractivity contribution is -0.0501. The zero-order valence-electron chi connectivity index (χ0n) is 16.9. The molecule has 1 unspecified atom stereocenters. The number of halogens is 2. The second kappa shape index (κ2) is 6.90. The van der Waals surface area contributed by atoms with Gasteiger partial charge in [0, 0.05) is 17.4 Å². The lowest BCUT2D eigenvalue weighted by Crippen LogP contribution is -2.44. The second-order valence-corrected chi connectivity index (χ2v) is 8.31. The van der Waals surface area contributed by atoms with Gasteiger partial charge in [-0.1, -0.05) is 6.07 Å². The lowest BCUT2D eigenvalue weighted by Gasteiger charge is -2.39. The van der Waals surface area contributed by atoms with E-state index in [2.05, 4.69) is 14.7 Å². The number of carbonyl (C=O) groups excluding carboxylic acids is 1. The highest BCUT2D eigenvalue weighted by Gasteiger charge is 2.66. The first-order chi connectivity index (χ1) is 14.8. The Morgan fingerprint density at radius 3 is 2.71 bits per heavy atom. The van der Waals surface area contributed by atoms with E-state index < -0.39 is 12.2 Å². The molecule has 162 valence electrons. The molecule has 9 heteroatoms. The number of Topliss-reactive ketones (excluding diaryl/α,β-unsaturated/α-hetero) is 1. The quantitative estimate of drug-likeness (QED) is 0.734. The fourth-order valence-electron chi connectivity index (χ4n) is 4.58. The minimum atomic E-state index is -2.95. The molecule has 1 fully saturated rings. The number of rotatable bonds is 5. The normalized spacial score (nSPS) is 22.6. The Morgan fingerprint density at radius 2 is 2.06 bits per heavy atom. The topological polar surface area (TPSA) is 96.0 Å². The number of ketones is 1. The van der Waals surface area contributed by atoms with Crippen LogP contribution in [-0.4, -0.2) is 36.6 Å². The Balaban J connectivity index is 1.43. The maximum absolute atomic E-state index is 12.9. The van der Waals surface area contributed by atoms with Crippen molar-refractivity contribution in [2.45, 2.75) is 38.3 Å². The molecule has 0 saturated heterocycles. The lowest BCUT2D eigenvalue weighted by atomic mass is 9.74. The van der Waals surface area contributed by atoms with Gasteiger partial charge in [0.05, 0.1) is 12.8 Å². The van der Waals surface area contributed by atoms with E-state index in [9.17, 15) is 13.6 Å². The molecule has 2 aromatic rings. The van der Waals surface area contributed by atoms with Crippen molar-refractivity contribution in [2.24, 2.45) is 16.1 Å². The Bertz CT molecular complexity index is 1100. The monoisotopic (exact) mass is 429 g/mol. The molecule has 2 N–H and O–H groups in total. The van der Waals surface area contributed by atoms with Crippen LogP contribution in [0.15, 0.2) is 35.5 Å². The molecule has 3 aliphatic rings. The molecule has 3 heterocycles. The number of nitrogens with zero attached hydrogens (tertiary/aromatic N) is 2. The van der Waals surface area contributed by atoms with Crippen LogP contribution in [0.5, 0.6) is 11.5 Å². The van der Waals surface area contributed by atoms with E-state index in [1.54, 1.807) is 6.92 Å². The van der Waals surface area contributed by atoms with E-state index in [4.69, 9.17) is 15.2 Å². The Labute approximate surface area is 177 Å². The van der Waals surface area contributed by atoms with Crippen LogP contribution in [0.3, 0.4) is 0 Å². The predicted molar refractivity (Wildman–Crippen MR) is 106 cm³/mol. The number of hydrogen-bond donors (Lipinski definition) is 1. The number of pyridine rings is 1. The number of aliphatic imine (C=N–C) groups is 1. The summed E-state index contributed by atoms with van der Waals surface area (Å²) >= 11 is 0. The third-order valence-corrected chi connectivity index (χ3v) is 6.36. The highest BCUT2D eigenvalue weighted by atomic mass is 19.3. The number of ether oxygens (including phenoxy) is 3. The molecular formula is C22H21F2N3O4.